The molecule has 0 spiro atoms. The van der Waals surface area contributed by atoms with E-state index in [4.69, 9.17) is 4.74 Å². The second-order valence-electron chi connectivity index (χ2n) is 4.08. The third-order valence-corrected chi connectivity index (χ3v) is 3.50. The molecule has 1 aromatic rings. The molecule has 106 valence electrons. The summed E-state index contributed by atoms with van der Waals surface area (Å²) >= 11 is 3.24. The van der Waals surface area contributed by atoms with Crippen LogP contribution in [0.3, 0.4) is 0 Å². The Balaban J connectivity index is 2.46. The maximum absolute atomic E-state index is 10.8. The first kappa shape index (κ1) is 16.0. The molecule has 1 rings (SSSR count). The summed E-state index contributed by atoms with van der Waals surface area (Å²) in [6.45, 7) is 1.42. The van der Waals surface area contributed by atoms with Gasteiger partial charge >= 0.3 is 0 Å². The third kappa shape index (κ3) is 5.23. The van der Waals surface area contributed by atoms with E-state index >= 15 is 0 Å². The number of methoxy groups -OCH3 is 1. The number of nitro benzene ring substituents is 1. The average Bonchev–Trinajstić information content (AvgIpc) is 2.36. The maximum atomic E-state index is 10.8. The fourth-order valence-electron chi connectivity index (χ4n) is 1.61. The van der Waals surface area contributed by atoms with E-state index in [0.29, 0.717) is 30.6 Å². The van der Waals surface area contributed by atoms with E-state index in [0.717, 1.165) is 5.56 Å². The fourth-order valence-corrected chi connectivity index (χ4v) is 2.16. The van der Waals surface area contributed by atoms with Crippen molar-refractivity contribution in [2.75, 3.05) is 20.3 Å². The largest absolute Gasteiger partial charge is 0.391 e. The van der Waals surface area contributed by atoms with Gasteiger partial charge in [0, 0.05) is 19.7 Å². The van der Waals surface area contributed by atoms with Gasteiger partial charge in [-0.2, -0.15) is 0 Å². The van der Waals surface area contributed by atoms with E-state index in [9.17, 15) is 15.2 Å². The first-order chi connectivity index (χ1) is 9.06. The Morgan fingerprint density at radius 2 is 2.32 bits per heavy atom. The number of aliphatic hydroxyl groups excluding tert-OH is 1. The standard InChI is InChI=1S/C12H17BrN2O4/c1-19-8-10(16)5-6-14-7-9-3-2-4-11(12(9)13)15(17)18/h2-4,10,14,16H,5-8H2,1H3. The van der Waals surface area contributed by atoms with E-state index in [1.807, 2.05) is 6.07 Å². The molecule has 0 bridgehead atoms. The lowest BCUT2D eigenvalue weighted by Crippen LogP contribution is -2.23. The van der Waals surface area contributed by atoms with Gasteiger partial charge in [0.25, 0.3) is 5.69 Å². The molecule has 0 saturated carbocycles. The number of rotatable bonds is 8. The minimum atomic E-state index is -0.494. The Labute approximate surface area is 120 Å². The van der Waals surface area contributed by atoms with Gasteiger partial charge in [-0.15, -0.1) is 0 Å². The van der Waals surface area contributed by atoms with Gasteiger partial charge in [-0.1, -0.05) is 12.1 Å². The highest BCUT2D eigenvalue weighted by Crippen LogP contribution is 2.27. The lowest BCUT2D eigenvalue weighted by molar-refractivity contribution is -0.385. The predicted octanol–water partition coefficient (Wildman–Crippen LogP) is 1.84. The van der Waals surface area contributed by atoms with Crippen LogP contribution in [0.4, 0.5) is 5.69 Å². The van der Waals surface area contributed by atoms with Crippen molar-refractivity contribution >= 4 is 21.6 Å². The molecule has 0 heterocycles. The summed E-state index contributed by atoms with van der Waals surface area (Å²) in [5.41, 5.74) is 0.870. The molecular formula is C12H17BrN2O4. The van der Waals surface area contributed by atoms with Gasteiger partial charge in [0.1, 0.15) is 0 Å². The highest BCUT2D eigenvalue weighted by Gasteiger charge is 2.14. The van der Waals surface area contributed by atoms with Crippen LogP contribution >= 0.6 is 15.9 Å². The van der Waals surface area contributed by atoms with Crippen molar-refractivity contribution in [1.82, 2.24) is 5.32 Å². The van der Waals surface area contributed by atoms with Crippen LogP contribution in [0, 0.1) is 10.1 Å². The number of ether oxygens (including phenoxy) is 1. The van der Waals surface area contributed by atoms with Crippen LogP contribution < -0.4 is 5.32 Å². The lowest BCUT2D eigenvalue weighted by Gasteiger charge is -2.10. The van der Waals surface area contributed by atoms with Crippen LogP contribution in [-0.4, -0.2) is 36.4 Å². The highest BCUT2D eigenvalue weighted by atomic mass is 79.9. The molecule has 0 amide bonds. The molecule has 0 aromatic heterocycles. The summed E-state index contributed by atoms with van der Waals surface area (Å²) in [6, 6.07) is 4.92. The quantitative estimate of drug-likeness (QED) is 0.431. The number of hydrogen-bond donors (Lipinski definition) is 2. The molecule has 0 radical (unpaired) electrons. The Bertz CT molecular complexity index is 428. The maximum Gasteiger partial charge on any atom is 0.283 e. The van der Waals surface area contributed by atoms with Gasteiger partial charge in [-0.25, -0.2) is 0 Å². The fraction of sp³-hybridized carbons (Fsp3) is 0.500. The van der Waals surface area contributed by atoms with Gasteiger partial charge in [0.05, 0.1) is 22.1 Å². The SMILES string of the molecule is COCC(O)CCNCc1cccc([N+](=O)[O-])c1Br. The number of nitrogens with one attached hydrogen (secondary N) is 1. The molecule has 6 nitrogen and oxygen atoms in total. The Morgan fingerprint density at radius 3 is 2.95 bits per heavy atom. The van der Waals surface area contributed by atoms with E-state index < -0.39 is 11.0 Å². The van der Waals surface area contributed by atoms with E-state index in [-0.39, 0.29) is 5.69 Å². The summed E-state index contributed by atoms with van der Waals surface area (Å²) < 4.78 is 5.31. The van der Waals surface area contributed by atoms with Crippen LogP contribution in [0.5, 0.6) is 0 Å². The van der Waals surface area contributed by atoms with E-state index in [2.05, 4.69) is 21.2 Å². The average molecular weight is 333 g/mol. The topological polar surface area (TPSA) is 84.6 Å². The van der Waals surface area contributed by atoms with Crippen molar-refractivity contribution in [3.8, 4) is 0 Å². The zero-order valence-electron chi connectivity index (χ0n) is 10.6. The smallest absolute Gasteiger partial charge is 0.283 e. The molecule has 0 fully saturated rings. The number of nitrogens with zero attached hydrogens (tertiary/aromatic N) is 1. The van der Waals surface area contributed by atoms with Gasteiger partial charge < -0.3 is 15.2 Å². The molecule has 0 aliphatic heterocycles. The van der Waals surface area contributed by atoms with Crippen molar-refractivity contribution in [2.24, 2.45) is 0 Å². The van der Waals surface area contributed by atoms with Gasteiger partial charge in [0.2, 0.25) is 0 Å². The molecule has 0 aliphatic rings. The van der Waals surface area contributed by atoms with Crippen molar-refractivity contribution < 1.29 is 14.8 Å². The summed E-state index contributed by atoms with van der Waals surface area (Å²) in [6.07, 6.45) is 0.0754. The molecule has 0 aliphatic carbocycles. The third-order valence-electron chi connectivity index (χ3n) is 2.58. The Morgan fingerprint density at radius 1 is 1.58 bits per heavy atom. The molecule has 1 unspecified atom stereocenters. The minimum Gasteiger partial charge on any atom is -0.391 e. The number of hydrogen-bond acceptors (Lipinski definition) is 5. The Kier molecular flexibility index (Phi) is 6.93. The summed E-state index contributed by atoms with van der Waals surface area (Å²) in [5.74, 6) is 0. The molecule has 1 atom stereocenters. The number of benzene rings is 1. The van der Waals surface area contributed by atoms with Gasteiger partial charge in [-0.3, -0.25) is 10.1 Å². The molecule has 19 heavy (non-hydrogen) atoms. The minimum absolute atomic E-state index is 0.0544. The second-order valence-corrected chi connectivity index (χ2v) is 4.87. The summed E-state index contributed by atoms with van der Waals surface area (Å²) in [5, 5.41) is 23.4. The van der Waals surface area contributed by atoms with Crippen LogP contribution in [-0.2, 0) is 11.3 Å². The first-order valence-electron chi connectivity index (χ1n) is 5.85. The van der Waals surface area contributed by atoms with E-state index in [1.54, 1.807) is 6.07 Å². The normalized spacial score (nSPS) is 12.4. The van der Waals surface area contributed by atoms with Gasteiger partial charge in [-0.05, 0) is 34.5 Å². The van der Waals surface area contributed by atoms with Crippen LogP contribution in [0.15, 0.2) is 22.7 Å². The van der Waals surface area contributed by atoms with Gasteiger partial charge in [0.15, 0.2) is 0 Å². The molecule has 0 saturated heterocycles. The first-order valence-corrected chi connectivity index (χ1v) is 6.65. The number of nitro groups is 1. The summed E-state index contributed by atoms with van der Waals surface area (Å²) in [7, 11) is 1.54. The van der Waals surface area contributed by atoms with Crippen molar-refractivity contribution in [1.29, 1.82) is 0 Å². The van der Waals surface area contributed by atoms with Crippen molar-refractivity contribution in [3.05, 3.63) is 38.3 Å². The molecule has 2 N–H and O–H groups in total. The monoisotopic (exact) mass is 332 g/mol. The zero-order valence-corrected chi connectivity index (χ0v) is 12.2. The van der Waals surface area contributed by atoms with Crippen LogP contribution in [0.2, 0.25) is 0 Å². The van der Waals surface area contributed by atoms with Crippen LogP contribution in [0.1, 0.15) is 12.0 Å². The predicted molar refractivity (Wildman–Crippen MR) is 75.0 cm³/mol. The number of halogens is 1. The van der Waals surface area contributed by atoms with Crippen molar-refractivity contribution in [2.45, 2.75) is 19.1 Å². The molecule has 1 aromatic carbocycles. The molecular weight excluding hydrogens is 316 g/mol. The second kappa shape index (κ2) is 8.21. The highest BCUT2D eigenvalue weighted by molar-refractivity contribution is 9.10. The number of aliphatic hydroxyl groups is 1. The Hall–Kier alpha value is -1.02. The molecule has 7 heteroatoms. The van der Waals surface area contributed by atoms with Crippen LogP contribution in [0.25, 0.3) is 0 Å². The van der Waals surface area contributed by atoms with E-state index in [1.165, 1.54) is 13.2 Å². The lowest BCUT2D eigenvalue weighted by atomic mass is 10.2. The summed E-state index contributed by atoms with van der Waals surface area (Å²) in [4.78, 5) is 10.4. The zero-order chi connectivity index (χ0) is 14.3. The van der Waals surface area contributed by atoms with Crippen molar-refractivity contribution in [3.63, 3.8) is 0 Å².